The lowest BCUT2D eigenvalue weighted by Gasteiger charge is -2.07. The lowest BCUT2D eigenvalue weighted by Crippen LogP contribution is -2.06. The Morgan fingerprint density at radius 3 is 2.70 bits per heavy atom. The minimum absolute atomic E-state index is 0.0131. The van der Waals surface area contributed by atoms with Crippen LogP contribution < -0.4 is 5.32 Å². The molecule has 20 heavy (non-hydrogen) atoms. The summed E-state index contributed by atoms with van der Waals surface area (Å²) >= 11 is 3.19. The Hall–Kier alpha value is -1.17. The molecular formula is C14H22BrN3O2. The van der Waals surface area contributed by atoms with E-state index in [1.165, 1.54) is 25.3 Å². The maximum absolute atomic E-state index is 10.9. The van der Waals surface area contributed by atoms with Crippen molar-refractivity contribution in [3.63, 3.8) is 0 Å². The van der Waals surface area contributed by atoms with Crippen LogP contribution >= 0.6 is 15.9 Å². The van der Waals surface area contributed by atoms with Gasteiger partial charge in [-0.15, -0.1) is 0 Å². The Morgan fingerprint density at radius 2 is 2.05 bits per heavy atom. The van der Waals surface area contributed by atoms with Gasteiger partial charge in [-0.2, -0.15) is 0 Å². The fraction of sp³-hybridized carbons (Fsp3) is 0.643. The first-order valence-corrected chi connectivity index (χ1v) is 7.84. The van der Waals surface area contributed by atoms with Gasteiger partial charge in [0.05, 0.1) is 4.92 Å². The quantitative estimate of drug-likeness (QED) is 0.398. The Bertz CT molecular complexity index is 438. The van der Waals surface area contributed by atoms with Gasteiger partial charge in [0, 0.05) is 23.3 Å². The van der Waals surface area contributed by atoms with E-state index < -0.39 is 4.92 Å². The lowest BCUT2D eigenvalue weighted by molar-refractivity contribution is -0.384. The maximum atomic E-state index is 10.9. The second-order valence-electron chi connectivity index (χ2n) is 5.30. The van der Waals surface area contributed by atoms with E-state index in [2.05, 4.69) is 40.1 Å². The van der Waals surface area contributed by atoms with Crippen molar-refractivity contribution in [2.45, 2.75) is 46.0 Å². The minimum atomic E-state index is -0.414. The molecule has 0 unspecified atom stereocenters. The number of pyridine rings is 1. The van der Waals surface area contributed by atoms with Gasteiger partial charge in [0.15, 0.2) is 0 Å². The summed E-state index contributed by atoms with van der Waals surface area (Å²) in [6, 6.07) is 1.47. The van der Waals surface area contributed by atoms with E-state index >= 15 is 0 Å². The molecule has 6 heteroatoms. The standard InChI is InChI=1S/C14H22BrN3O2/c1-11(2)7-5-3-4-6-8-16-14-13(18(19)20)9-12(15)10-17-14/h9-11H,3-8H2,1-2H3,(H,16,17). The molecule has 0 aliphatic rings. The molecular weight excluding hydrogens is 322 g/mol. The van der Waals surface area contributed by atoms with Crippen molar-refractivity contribution in [2.24, 2.45) is 5.92 Å². The van der Waals surface area contributed by atoms with E-state index in [4.69, 9.17) is 0 Å². The highest BCUT2D eigenvalue weighted by molar-refractivity contribution is 9.10. The van der Waals surface area contributed by atoms with Crippen LogP contribution in [0.2, 0.25) is 0 Å². The highest BCUT2D eigenvalue weighted by atomic mass is 79.9. The number of rotatable bonds is 9. The first-order valence-electron chi connectivity index (χ1n) is 7.04. The number of halogens is 1. The third kappa shape index (κ3) is 6.32. The zero-order valence-electron chi connectivity index (χ0n) is 12.1. The summed E-state index contributed by atoms with van der Waals surface area (Å²) in [5, 5.41) is 14.0. The Labute approximate surface area is 128 Å². The van der Waals surface area contributed by atoms with Crippen LogP contribution in [0.1, 0.15) is 46.0 Å². The summed E-state index contributed by atoms with van der Waals surface area (Å²) in [7, 11) is 0. The van der Waals surface area contributed by atoms with Crippen LogP contribution in [-0.4, -0.2) is 16.5 Å². The van der Waals surface area contributed by atoms with Gasteiger partial charge in [-0.05, 0) is 28.3 Å². The molecule has 1 aromatic heterocycles. The molecule has 0 aliphatic heterocycles. The second kappa shape index (κ2) is 8.89. The predicted octanol–water partition coefficient (Wildman–Crippen LogP) is 4.77. The summed E-state index contributed by atoms with van der Waals surface area (Å²) in [5.41, 5.74) is 0.0131. The van der Waals surface area contributed by atoms with Gasteiger partial charge in [-0.1, -0.05) is 39.5 Å². The van der Waals surface area contributed by atoms with Gasteiger partial charge in [-0.3, -0.25) is 10.1 Å². The fourth-order valence-electron chi connectivity index (χ4n) is 1.94. The minimum Gasteiger partial charge on any atom is -0.364 e. The monoisotopic (exact) mass is 343 g/mol. The Kier molecular flexibility index (Phi) is 7.51. The molecule has 0 fully saturated rings. The van der Waals surface area contributed by atoms with Crippen LogP contribution in [0.15, 0.2) is 16.7 Å². The Balaban J connectivity index is 2.30. The van der Waals surface area contributed by atoms with E-state index in [-0.39, 0.29) is 5.69 Å². The summed E-state index contributed by atoms with van der Waals surface area (Å²) in [6.07, 6.45) is 7.46. The molecule has 0 bridgehead atoms. The van der Waals surface area contributed by atoms with Crippen molar-refractivity contribution in [1.82, 2.24) is 4.98 Å². The van der Waals surface area contributed by atoms with Crippen LogP contribution in [-0.2, 0) is 0 Å². The van der Waals surface area contributed by atoms with Crippen LogP contribution in [0.3, 0.4) is 0 Å². The molecule has 112 valence electrons. The fourth-order valence-corrected chi connectivity index (χ4v) is 2.26. The van der Waals surface area contributed by atoms with Crippen LogP contribution in [0, 0.1) is 16.0 Å². The number of aromatic nitrogens is 1. The molecule has 0 atom stereocenters. The molecule has 1 rings (SSSR count). The molecule has 1 aromatic rings. The molecule has 0 spiro atoms. The summed E-state index contributed by atoms with van der Waals surface area (Å²) < 4.78 is 0.614. The predicted molar refractivity (Wildman–Crippen MR) is 85.0 cm³/mol. The largest absolute Gasteiger partial charge is 0.364 e. The summed E-state index contributed by atoms with van der Waals surface area (Å²) in [6.45, 7) is 5.19. The van der Waals surface area contributed by atoms with E-state index in [0.717, 1.165) is 25.3 Å². The highest BCUT2D eigenvalue weighted by Crippen LogP contribution is 2.25. The lowest BCUT2D eigenvalue weighted by atomic mass is 10.0. The van der Waals surface area contributed by atoms with Crippen LogP contribution in [0.4, 0.5) is 11.5 Å². The van der Waals surface area contributed by atoms with Gasteiger partial charge in [0.1, 0.15) is 0 Å². The third-order valence-electron chi connectivity index (χ3n) is 3.03. The van der Waals surface area contributed by atoms with Crippen molar-refractivity contribution in [1.29, 1.82) is 0 Å². The topological polar surface area (TPSA) is 68.1 Å². The molecule has 1 heterocycles. The highest BCUT2D eigenvalue weighted by Gasteiger charge is 2.15. The van der Waals surface area contributed by atoms with E-state index in [1.807, 2.05) is 0 Å². The van der Waals surface area contributed by atoms with Crippen molar-refractivity contribution < 1.29 is 4.92 Å². The van der Waals surface area contributed by atoms with Gasteiger partial charge in [-0.25, -0.2) is 4.98 Å². The normalized spacial score (nSPS) is 10.8. The molecule has 0 aliphatic carbocycles. The molecule has 0 aromatic carbocycles. The first-order chi connectivity index (χ1) is 9.50. The van der Waals surface area contributed by atoms with E-state index in [0.29, 0.717) is 10.3 Å². The number of nitrogens with zero attached hydrogens (tertiary/aromatic N) is 2. The number of anilines is 1. The average molecular weight is 344 g/mol. The van der Waals surface area contributed by atoms with Gasteiger partial charge in [0.2, 0.25) is 5.82 Å². The first kappa shape index (κ1) is 16.9. The van der Waals surface area contributed by atoms with Crippen molar-refractivity contribution >= 4 is 27.4 Å². The molecule has 1 N–H and O–H groups in total. The van der Waals surface area contributed by atoms with Crippen LogP contribution in [0.5, 0.6) is 0 Å². The average Bonchev–Trinajstić information content (AvgIpc) is 2.38. The Morgan fingerprint density at radius 1 is 1.35 bits per heavy atom. The summed E-state index contributed by atoms with van der Waals surface area (Å²) in [5.74, 6) is 1.11. The molecule has 0 radical (unpaired) electrons. The molecule has 0 saturated heterocycles. The van der Waals surface area contributed by atoms with E-state index in [1.54, 1.807) is 6.20 Å². The molecule has 0 amide bonds. The van der Waals surface area contributed by atoms with Crippen molar-refractivity contribution in [2.75, 3.05) is 11.9 Å². The zero-order valence-corrected chi connectivity index (χ0v) is 13.6. The third-order valence-corrected chi connectivity index (χ3v) is 3.47. The summed E-state index contributed by atoms with van der Waals surface area (Å²) in [4.78, 5) is 14.6. The van der Waals surface area contributed by atoms with Crippen molar-refractivity contribution in [3.05, 3.63) is 26.9 Å². The number of unbranched alkanes of at least 4 members (excludes halogenated alkanes) is 3. The number of hydrogen-bond acceptors (Lipinski definition) is 4. The van der Waals surface area contributed by atoms with Crippen molar-refractivity contribution in [3.8, 4) is 0 Å². The number of hydrogen-bond donors (Lipinski definition) is 1. The molecule has 5 nitrogen and oxygen atoms in total. The number of nitro groups is 1. The molecule has 0 saturated carbocycles. The van der Waals surface area contributed by atoms with Crippen LogP contribution in [0.25, 0.3) is 0 Å². The maximum Gasteiger partial charge on any atom is 0.312 e. The van der Waals surface area contributed by atoms with Gasteiger partial charge >= 0.3 is 5.69 Å². The zero-order chi connectivity index (χ0) is 15.0. The van der Waals surface area contributed by atoms with Gasteiger partial charge in [0.25, 0.3) is 0 Å². The smallest absolute Gasteiger partial charge is 0.312 e. The second-order valence-corrected chi connectivity index (χ2v) is 6.22. The number of nitrogens with one attached hydrogen (secondary N) is 1. The van der Waals surface area contributed by atoms with E-state index in [9.17, 15) is 10.1 Å². The SMILES string of the molecule is CC(C)CCCCCCNc1ncc(Br)cc1[N+](=O)[O-]. The van der Waals surface area contributed by atoms with Gasteiger partial charge < -0.3 is 5.32 Å².